The van der Waals surface area contributed by atoms with E-state index in [-0.39, 0.29) is 12.5 Å². The van der Waals surface area contributed by atoms with Gasteiger partial charge in [0.1, 0.15) is 0 Å². The number of ether oxygens (including phenoxy) is 2. The predicted octanol–water partition coefficient (Wildman–Crippen LogP) is 0.931. The summed E-state index contributed by atoms with van der Waals surface area (Å²) < 4.78 is 10.5. The van der Waals surface area contributed by atoms with Crippen LogP contribution < -0.4 is 11.1 Å². The SMILES string of the molecule is Cc1ccc(N)c(NC(=O)C2COCCO2)c1. The number of hydrogen-bond donors (Lipinski definition) is 2. The molecule has 1 aromatic rings. The van der Waals surface area contributed by atoms with E-state index >= 15 is 0 Å². The molecule has 2 rings (SSSR count). The van der Waals surface area contributed by atoms with Gasteiger partial charge < -0.3 is 20.5 Å². The van der Waals surface area contributed by atoms with E-state index in [4.69, 9.17) is 15.2 Å². The molecule has 1 aliphatic rings. The minimum Gasteiger partial charge on any atom is -0.397 e. The Kier molecular flexibility index (Phi) is 3.61. The predicted molar refractivity (Wildman–Crippen MR) is 64.8 cm³/mol. The normalized spacial score (nSPS) is 19.9. The van der Waals surface area contributed by atoms with E-state index in [0.29, 0.717) is 24.6 Å². The molecular formula is C12H16N2O3. The largest absolute Gasteiger partial charge is 0.397 e. The third-order valence-corrected chi connectivity index (χ3v) is 2.58. The highest BCUT2D eigenvalue weighted by Crippen LogP contribution is 2.20. The van der Waals surface area contributed by atoms with Crippen molar-refractivity contribution >= 4 is 17.3 Å². The van der Waals surface area contributed by atoms with Crippen LogP contribution in [0.4, 0.5) is 11.4 Å². The Hall–Kier alpha value is -1.59. The van der Waals surface area contributed by atoms with Crippen molar-refractivity contribution in [1.82, 2.24) is 0 Å². The molecule has 0 aliphatic carbocycles. The fraction of sp³-hybridized carbons (Fsp3) is 0.417. The first-order valence-corrected chi connectivity index (χ1v) is 5.53. The molecule has 17 heavy (non-hydrogen) atoms. The quantitative estimate of drug-likeness (QED) is 0.749. The smallest absolute Gasteiger partial charge is 0.255 e. The van der Waals surface area contributed by atoms with Gasteiger partial charge in [0.2, 0.25) is 0 Å². The second kappa shape index (κ2) is 5.16. The lowest BCUT2D eigenvalue weighted by atomic mass is 10.2. The van der Waals surface area contributed by atoms with Crippen molar-refractivity contribution in [3.05, 3.63) is 23.8 Å². The average Bonchev–Trinajstić information content (AvgIpc) is 2.35. The van der Waals surface area contributed by atoms with Crippen molar-refractivity contribution in [2.24, 2.45) is 0 Å². The highest BCUT2D eigenvalue weighted by molar-refractivity contribution is 5.97. The first kappa shape index (κ1) is 11.9. The van der Waals surface area contributed by atoms with Gasteiger partial charge in [0, 0.05) is 0 Å². The molecule has 1 saturated heterocycles. The number of carbonyl (C=O) groups is 1. The molecule has 0 saturated carbocycles. The Labute approximate surface area is 99.9 Å². The van der Waals surface area contributed by atoms with E-state index in [1.807, 2.05) is 19.1 Å². The summed E-state index contributed by atoms with van der Waals surface area (Å²) in [7, 11) is 0. The Morgan fingerprint density at radius 1 is 1.47 bits per heavy atom. The molecule has 0 bridgehead atoms. The monoisotopic (exact) mass is 236 g/mol. The zero-order valence-corrected chi connectivity index (χ0v) is 9.73. The van der Waals surface area contributed by atoms with Crippen molar-refractivity contribution in [2.45, 2.75) is 13.0 Å². The summed E-state index contributed by atoms with van der Waals surface area (Å²) in [6, 6.07) is 5.49. The van der Waals surface area contributed by atoms with Crippen LogP contribution in [-0.2, 0) is 14.3 Å². The molecule has 5 nitrogen and oxygen atoms in total. The van der Waals surface area contributed by atoms with E-state index in [1.165, 1.54) is 0 Å². The number of hydrogen-bond acceptors (Lipinski definition) is 4. The number of nitrogen functional groups attached to an aromatic ring is 1. The zero-order valence-electron chi connectivity index (χ0n) is 9.73. The van der Waals surface area contributed by atoms with Gasteiger partial charge in [-0.3, -0.25) is 4.79 Å². The second-order valence-corrected chi connectivity index (χ2v) is 4.01. The molecule has 0 spiro atoms. The molecule has 1 aliphatic heterocycles. The number of anilines is 2. The number of amides is 1. The van der Waals surface area contributed by atoms with Gasteiger partial charge in [-0.1, -0.05) is 6.07 Å². The van der Waals surface area contributed by atoms with Gasteiger partial charge in [0.25, 0.3) is 5.91 Å². The minimum atomic E-state index is -0.552. The molecule has 1 atom stereocenters. The number of aryl methyl sites for hydroxylation is 1. The lowest BCUT2D eigenvalue weighted by Crippen LogP contribution is -2.39. The summed E-state index contributed by atoms with van der Waals surface area (Å²) in [4.78, 5) is 11.9. The molecular weight excluding hydrogens is 220 g/mol. The lowest BCUT2D eigenvalue weighted by molar-refractivity contribution is -0.142. The number of carbonyl (C=O) groups excluding carboxylic acids is 1. The number of nitrogens with one attached hydrogen (secondary N) is 1. The third kappa shape index (κ3) is 2.95. The Balaban J connectivity index is 2.04. The first-order valence-electron chi connectivity index (χ1n) is 5.53. The summed E-state index contributed by atoms with van der Waals surface area (Å²) in [5, 5.41) is 2.75. The van der Waals surface area contributed by atoms with Gasteiger partial charge in [-0.05, 0) is 24.6 Å². The molecule has 3 N–H and O–H groups in total. The summed E-state index contributed by atoms with van der Waals surface area (Å²) >= 11 is 0. The van der Waals surface area contributed by atoms with Gasteiger partial charge in [-0.2, -0.15) is 0 Å². The maximum Gasteiger partial charge on any atom is 0.255 e. The highest BCUT2D eigenvalue weighted by atomic mass is 16.6. The molecule has 92 valence electrons. The van der Waals surface area contributed by atoms with Gasteiger partial charge >= 0.3 is 0 Å². The number of rotatable bonds is 2. The van der Waals surface area contributed by atoms with Crippen LogP contribution in [0.15, 0.2) is 18.2 Å². The standard InChI is InChI=1S/C12H16N2O3/c1-8-2-3-9(13)10(6-8)14-12(15)11-7-16-4-5-17-11/h2-3,6,11H,4-5,7,13H2,1H3,(H,14,15). The summed E-state index contributed by atoms with van der Waals surface area (Å²) in [6.45, 7) is 3.21. The van der Waals surface area contributed by atoms with Crippen molar-refractivity contribution in [1.29, 1.82) is 0 Å². The lowest BCUT2D eigenvalue weighted by Gasteiger charge is -2.22. The third-order valence-electron chi connectivity index (χ3n) is 2.58. The Morgan fingerprint density at radius 2 is 2.29 bits per heavy atom. The van der Waals surface area contributed by atoms with Gasteiger partial charge in [-0.15, -0.1) is 0 Å². The second-order valence-electron chi connectivity index (χ2n) is 4.01. The van der Waals surface area contributed by atoms with E-state index in [2.05, 4.69) is 5.32 Å². The number of nitrogens with two attached hydrogens (primary N) is 1. The van der Waals surface area contributed by atoms with Crippen molar-refractivity contribution in [3.63, 3.8) is 0 Å². The molecule has 0 radical (unpaired) electrons. The molecule has 0 aromatic heterocycles. The van der Waals surface area contributed by atoms with Crippen molar-refractivity contribution in [2.75, 3.05) is 30.9 Å². The highest BCUT2D eigenvalue weighted by Gasteiger charge is 2.23. The van der Waals surface area contributed by atoms with E-state index in [9.17, 15) is 4.79 Å². The molecule has 1 amide bonds. The summed E-state index contributed by atoms with van der Waals surface area (Å²) in [6.07, 6.45) is -0.552. The summed E-state index contributed by atoms with van der Waals surface area (Å²) in [5.41, 5.74) is 7.98. The molecule has 5 heteroatoms. The summed E-state index contributed by atoms with van der Waals surface area (Å²) in [5.74, 6) is -0.220. The molecule has 1 fully saturated rings. The van der Waals surface area contributed by atoms with E-state index in [1.54, 1.807) is 6.07 Å². The fourth-order valence-corrected chi connectivity index (χ4v) is 1.63. The van der Waals surface area contributed by atoms with E-state index < -0.39 is 6.10 Å². The molecule has 1 heterocycles. The number of benzene rings is 1. The van der Waals surface area contributed by atoms with Crippen LogP contribution in [0.2, 0.25) is 0 Å². The van der Waals surface area contributed by atoms with Crippen LogP contribution in [0, 0.1) is 6.92 Å². The minimum absolute atomic E-state index is 0.220. The molecule has 1 unspecified atom stereocenters. The van der Waals surface area contributed by atoms with Crippen LogP contribution >= 0.6 is 0 Å². The maximum absolute atomic E-state index is 11.9. The zero-order chi connectivity index (χ0) is 12.3. The van der Waals surface area contributed by atoms with Crippen molar-refractivity contribution < 1.29 is 14.3 Å². The van der Waals surface area contributed by atoms with E-state index in [0.717, 1.165) is 5.56 Å². The Morgan fingerprint density at radius 3 is 3.00 bits per heavy atom. The molecule has 1 aromatic carbocycles. The average molecular weight is 236 g/mol. The first-order chi connectivity index (χ1) is 8.16. The van der Waals surface area contributed by atoms with Gasteiger partial charge in [-0.25, -0.2) is 0 Å². The van der Waals surface area contributed by atoms with Crippen LogP contribution in [0.1, 0.15) is 5.56 Å². The topological polar surface area (TPSA) is 73.6 Å². The van der Waals surface area contributed by atoms with Crippen LogP contribution in [-0.4, -0.2) is 31.8 Å². The Bertz CT molecular complexity index is 414. The van der Waals surface area contributed by atoms with Gasteiger partial charge in [0.15, 0.2) is 6.10 Å². The van der Waals surface area contributed by atoms with Crippen molar-refractivity contribution in [3.8, 4) is 0 Å². The maximum atomic E-state index is 11.9. The van der Waals surface area contributed by atoms with Crippen LogP contribution in [0.25, 0.3) is 0 Å². The van der Waals surface area contributed by atoms with Crippen LogP contribution in [0.3, 0.4) is 0 Å². The van der Waals surface area contributed by atoms with Crippen LogP contribution in [0.5, 0.6) is 0 Å². The van der Waals surface area contributed by atoms with Gasteiger partial charge in [0.05, 0.1) is 31.2 Å². The fourth-order valence-electron chi connectivity index (χ4n) is 1.63.